The fraction of sp³-hybridized carbons (Fsp3) is 0.360. The Morgan fingerprint density at radius 2 is 2.09 bits per heavy atom. The summed E-state index contributed by atoms with van der Waals surface area (Å²) in [6.07, 6.45) is 6.44. The van der Waals surface area contributed by atoms with E-state index in [-0.39, 0.29) is 11.8 Å². The molecule has 1 unspecified atom stereocenters. The molecule has 1 aliphatic carbocycles. The molecule has 6 rings (SSSR count). The van der Waals surface area contributed by atoms with E-state index in [0.717, 1.165) is 58.9 Å². The minimum Gasteiger partial charge on any atom is -0.434 e. The van der Waals surface area contributed by atoms with Gasteiger partial charge in [0, 0.05) is 49.8 Å². The third kappa shape index (κ3) is 3.52. The van der Waals surface area contributed by atoms with E-state index in [1.807, 2.05) is 25.2 Å². The number of methoxy groups -OCH3 is 1. The van der Waals surface area contributed by atoms with Crippen LogP contribution >= 0.6 is 0 Å². The van der Waals surface area contributed by atoms with Crippen LogP contribution in [-0.4, -0.2) is 54.2 Å². The molecule has 0 spiro atoms. The number of rotatable bonds is 7. The number of benzene rings is 1. The van der Waals surface area contributed by atoms with Gasteiger partial charge in [-0.3, -0.25) is 4.79 Å². The molecule has 4 aromatic rings. The number of amides is 1. The summed E-state index contributed by atoms with van der Waals surface area (Å²) in [4.78, 5) is 28.4. The van der Waals surface area contributed by atoms with Crippen LogP contribution in [0.4, 0.5) is 17.3 Å². The van der Waals surface area contributed by atoms with Gasteiger partial charge in [-0.15, -0.1) is 0 Å². The highest BCUT2D eigenvalue weighted by atomic mass is 16.5. The summed E-state index contributed by atoms with van der Waals surface area (Å²) in [5, 5.41) is 7.73. The Morgan fingerprint density at radius 3 is 2.82 bits per heavy atom. The van der Waals surface area contributed by atoms with Gasteiger partial charge in [0.1, 0.15) is 17.2 Å². The van der Waals surface area contributed by atoms with Crippen molar-refractivity contribution in [2.75, 3.05) is 42.8 Å². The maximum atomic E-state index is 12.3. The fourth-order valence-corrected chi connectivity index (χ4v) is 4.55. The number of hydrogen-bond acceptors (Lipinski definition) is 8. The molecule has 1 aliphatic heterocycles. The number of hydrogen-bond donors (Lipinski definition) is 2. The maximum absolute atomic E-state index is 12.3. The van der Waals surface area contributed by atoms with Crippen LogP contribution < -0.4 is 15.5 Å². The average molecular weight is 459 g/mol. The number of carbonyl (C=O) groups excluding carboxylic acids is 1. The van der Waals surface area contributed by atoms with E-state index in [2.05, 4.69) is 31.6 Å². The number of ether oxygens (including phenoxy) is 1. The molecule has 174 valence electrons. The van der Waals surface area contributed by atoms with Crippen molar-refractivity contribution in [2.45, 2.75) is 25.3 Å². The smallest absolute Gasteiger partial charge is 0.229 e. The monoisotopic (exact) mass is 458 g/mol. The zero-order valence-corrected chi connectivity index (χ0v) is 19.2. The third-order valence-electron chi connectivity index (χ3n) is 6.65. The van der Waals surface area contributed by atoms with Crippen molar-refractivity contribution in [3.05, 3.63) is 36.7 Å². The number of fused-ring (bicyclic) bond motifs is 2. The highest BCUT2D eigenvalue weighted by molar-refractivity contribution is 6.03. The van der Waals surface area contributed by atoms with E-state index < -0.39 is 0 Å². The average Bonchev–Trinajstić information content (AvgIpc) is 3.60. The lowest BCUT2D eigenvalue weighted by Gasteiger charge is -2.42. The Labute approximate surface area is 196 Å². The highest BCUT2D eigenvalue weighted by Gasteiger charge is 2.31. The molecule has 2 N–H and O–H groups in total. The van der Waals surface area contributed by atoms with Gasteiger partial charge in [-0.2, -0.15) is 0 Å². The Morgan fingerprint density at radius 1 is 1.21 bits per heavy atom. The van der Waals surface area contributed by atoms with Gasteiger partial charge in [-0.1, -0.05) is 6.07 Å². The number of carbonyl (C=O) groups is 1. The summed E-state index contributed by atoms with van der Waals surface area (Å²) < 4.78 is 11.7. The van der Waals surface area contributed by atoms with Crippen molar-refractivity contribution in [1.29, 1.82) is 0 Å². The first-order valence-corrected chi connectivity index (χ1v) is 11.6. The van der Waals surface area contributed by atoms with Crippen LogP contribution in [-0.2, 0) is 9.53 Å². The summed E-state index contributed by atoms with van der Waals surface area (Å²) in [6, 6.07) is 8.23. The SMILES string of the molecule is CNc1ncc(-c2nc3cccc(N4CCC4COC)c3o2)c2cc(NC(=O)C3CC3)ncc12. The van der Waals surface area contributed by atoms with E-state index in [1.165, 1.54) is 0 Å². The van der Waals surface area contributed by atoms with E-state index in [9.17, 15) is 4.79 Å². The molecule has 9 nitrogen and oxygen atoms in total. The van der Waals surface area contributed by atoms with Crippen LogP contribution in [0.3, 0.4) is 0 Å². The fourth-order valence-electron chi connectivity index (χ4n) is 4.55. The minimum atomic E-state index is 0.0166. The molecule has 9 heteroatoms. The number of aromatic nitrogens is 3. The summed E-state index contributed by atoms with van der Waals surface area (Å²) in [5.41, 5.74) is 3.31. The molecule has 2 fully saturated rings. The molecule has 1 saturated heterocycles. The van der Waals surface area contributed by atoms with Gasteiger partial charge in [-0.25, -0.2) is 15.0 Å². The van der Waals surface area contributed by atoms with Gasteiger partial charge in [0.25, 0.3) is 0 Å². The predicted octanol–water partition coefficient (Wildman–Crippen LogP) is 4.05. The first-order chi connectivity index (χ1) is 16.7. The Kier molecular flexibility index (Phi) is 5.06. The number of pyridine rings is 2. The molecule has 1 atom stereocenters. The first-order valence-electron chi connectivity index (χ1n) is 11.6. The molecule has 1 saturated carbocycles. The summed E-state index contributed by atoms with van der Waals surface area (Å²) in [6.45, 7) is 1.64. The van der Waals surface area contributed by atoms with Crippen LogP contribution in [0.1, 0.15) is 19.3 Å². The molecule has 0 bridgehead atoms. The van der Waals surface area contributed by atoms with E-state index in [4.69, 9.17) is 14.1 Å². The molecular weight excluding hydrogens is 432 g/mol. The summed E-state index contributed by atoms with van der Waals surface area (Å²) >= 11 is 0. The van der Waals surface area contributed by atoms with E-state index >= 15 is 0 Å². The van der Waals surface area contributed by atoms with E-state index in [1.54, 1.807) is 19.5 Å². The summed E-state index contributed by atoms with van der Waals surface area (Å²) in [7, 11) is 3.55. The van der Waals surface area contributed by atoms with Crippen LogP contribution in [0.2, 0.25) is 0 Å². The number of nitrogens with one attached hydrogen (secondary N) is 2. The summed E-state index contributed by atoms with van der Waals surface area (Å²) in [5.74, 6) is 1.81. The predicted molar refractivity (Wildman–Crippen MR) is 131 cm³/mol. The van der Waals surface area contributed by atoms with Gasteiger partial charge in [0.15, 0.2) is 5.58 Å². The second-order valence-corrected chi connectivity index (χ2v) is 8.88. The van der Waals surface area contributed by atoms with Gasteiger partial charge in [0.2, 0.25) is 11.8 Å². The van der Waals surface area contributed by atoms with Crippen molar-refractivity contribution in [1.82, 2.24) is 15.0 Å². The Hall–Kier alpha value is -3.72. The molecule has 34 heavy (non-hydrogen) atoms. The van der Waals surface area contributed by atoms with Crippen LogP contribution in [0.25, 0.3) is 33.3 Å². The molecule has 3 aromatic heterocycles. The largest absolute Gasteiger partial charge is 0.434 e. The number of nitrogens with zero attached hydrogens (tertiary/aromatic N) is 4. The normalized spacial score (nSPS) is 17.7. The lowest BCUT2D eigenvalue weighted by molar-refractivity contribution is -0.117. The van der Waals surface area contributed by atoms with Gasteiger partial charge in [0.05, 0.1) is 23.9 Å². The lowest BCUT2D eigenvalue weighted by Crippen LogP contribution is -2.50. The lowest BCUT2D eigenvalue weighted by atomic mass is 10.0. The standard InChI is InChI=1S/C25H26N6O3/c1-26-23-17-11-27-21(30-24(32)14-6-7-14)10-16(17)18(12-28-23)25-29-19-4-3-5-20(22(19)34-25)31-9-8-15(31)13-33-2/h3-5,10-12,14-15H,6-9,13H2,1-2H3,(H,26,28)(H,27,30,32). The number of oxazole rings is 1. The van der Waals surface area contributed by atoms with Crippen molar-refractivity contribution in [3.8, 4) is 11.5 Å². The van der Waals surface area contributed by atoms with Crippen LogP contribution in [0, 0.1) is 5.92 Å². The molecule has 1 amide bonds. The minimum absolute atomic E-state index is 0.0166. The Balaban J connectivity index is 1.44. The topological polar surface area (TPSA) is 105 Å². The number of para-hydroxylation sites is 1. The maximum Gasteiger partial charge on any atom is 0.229 e. The number of anilines is 3. The zero-order valence-electron chi connectivity index (χ0n) is 19.2. The van der Waals surface area contributed by atoms with Crippen molar-refractivity contribution >= 4 is 45.1 Å². The highest BCUT2D eigenvalue weighted by Crippen LogP contribution is 2.38. The molecule has 4 heterocycles. The van der Waals surface area contributed by atoms with Crippen molar-refractivity contribution in [3.63, 3.8) is 0 Å². The molecule has 0 radical (unpaired) electrons. The zero-order chi connectivity index (χ0) is 23.2. The third-order valence-corrected chi connectivity index (χ3v) is 6.65. The molecular formula is C25H26N6O3. The van der Waals surface area contributed by atoms with Gasteiger partial charge < -0.3 is 24.7 Å². The molecule has 2 aliphatic rings. The van der Waals surface area contributed by atoms with Crippen LogP contribution in [0.15, 0.2) is 41.1 Å². The van der Waals surface area contributed by atoms with Gasteiger partial charge >= 0.3 is 0 Å². The van der Waals surface area contributed by atoms with Crippen molar-refractivity contribution in [2.24, 2.45) is 5.92 Å². The first kappa shape index (κ1) is 20.9. The van der Waals surface area contributed by atoms with Gasteiger partial charge in [-0.05, 0) is 37.5 Å². The van der Waals surface area contributed by atoms with Crippen LogP contribution in [0.5, 0.6) is 0 Å². The quantitative estimate of drug-likeness (QED) is 0.427. The second-order valence-electron chi connectivity index (χ2n) is 8.88. The Bertz CT molecular complexity index is 1400. The second kappa shape index (κ2) is 8.25. The van der Waals surface area contributed by atoms with E-state index in [0.29, 0.717) is 30.2 Å². The van der Waals surface area contributed by atoms with Crippen molar-refractivity contribution < 1.29 is 13.9 Å². The molecule has 1 aromatic carbocycles.